The molecule has 0 atom stereocenters. The third kappa shape index (κ3) is 3.65. The largest absolute Gasteiger partial charge is 0.339 e. The van der Waals surface area contributed by atoms with Crippen molar-refractivity contribution in [3.05, 3.63) is 71.4 Å². The highest BCUT2D eigenvalue weighted by atomic mass is 16.1. The van der Waals surface area contributed by atoms with E-state index in [1.807, 2.05) is 41.8 Å². The first kappa shape index (κ1) is 21.0. The predicted octanol–water partition coefficient (Wildman–Crippen LogP) is 4.04. The second kappa shape index (κ2) is 8.22. The summed E-state index contributed by atoms with van der Waals surface area (Å²) >= 11 is 0. The van der Waals surface area contributed by atoms with Crippen LogP contribution in [0.5, 0.6) is 0 Å². The Morgan fingerprint density at radius 1 is 1.12 bits per heavy atom. The van der Waals surface area contributed by atoms with Gasteiger partial charge in [0.2, 0.25) is 0 Å². The molecule has 34 heavy (non-hydrogen) atoms. The number of ketones is 1. The molecule has 5 aromatic rings. The van der Waals surface area contributed by atoms with Gasteiger partial charge in [-0.05, 0) is 63.2 Å². The number of aromatic nitrogens is 7. The second-order valence-electron chi connectivity index (χ2n) is 7.81. The lowest BCUT2D eigenvalue weighted by Crippen LogP contribution is -2.05. The molecule has 0 radical (unpaired) electrons. The van der Waals surface area contributed by atoms with E-state index in [4.69, 9.17) is 4.98 Å². The van der Waals surface area contributed by atoms with Gasteiger partial charge in [0.1, 0.15) is 18.2 Å². The molecule has 4 heterocycles. The summed E-state index contributed by atoms with van der Waals surface area (Å²) in [6, 6.07) is 15.0. The topological polar surface area (TPSA) is 138 Å². The standard InChI is InChI=1S/C24H19N9O/c1-13-4-8-21(32-29-13)27-16-5-7-18-20(10-16)33(12-26-18)22-9-6-17(15(3)34)24(28-22)23-14(2)30-31-19(23)11-25/h4-10,12H,1-3H3,(H,27,32)(H,30,31). The molecule has 0 saturated carbocycles. The van der Waals surface area contributed by atoms with Crippen molar-refractivity contribution in [1.82, 2.24) is 34.9 Å². The van der Waals surface area contributed by atoms with E-state index in [1.165, 1.54) is 6.92 Å². The number of benzene rings is 1. The molecule has 0 aliphatic carbocycles. The van der Waals surface area contributed by atoms with Crippen LogP contribution >= 0.6 is 0 Å². The van der Waals surface area contributed by atoms with E-state index in [1.54, 1.807) is 25.4 Å². The number of hydrogen-bond acceptors (Lipinski definition) is 8. The monoisotopic (exact) mass is 449 g/mol. The number of aromatic amines is 1. The Morgan fingerprint density at radius 2 is 1.97 bits per heavy atom. The normalized spacial score (nSPS) is 10.9. The Labute approximate surface area is 194 Å². The summed E-state index contributed by atoms with van der Waals surface area (Å²) in [7, 11) is 0. The highest BCUT2D eigenvalue weighted by molar-refractivity contribution is 6.00. The van der Waals surface area contributed by atoms with Crippen LogP contribution in [-0.4, -0.2) is 40.7 Å². The minimum atomic E-state index is -0.153. The van der Waals surface area contributed by atoms with E-state index >= 15 is 0 Å². The van der Waals surface area contributed by atoms with Crippen LogP contribution in [0, 0.1) is 25.2 Å². The molecule has 0 unspecified atom stereocenters. The van der Waals surface area contributed by atoms with Crippen LogP contribution < -0.4 is 5.32 Å². The first-order valence-electron chi connectivity index (χ1n) is 10.5. The number of pyridine rings is 1. The molecular formula is C24H19N9O. The number of carbonyl (C=O) groups is 1. The number of carbonyl (C=O) groups excluding carboxylic acids is 1. The number of fused-ring (bicyclic) bond motifs is 1. The predicted molar refractivity (Wildman–Crippen MR) is 126 cm³/mol. The molecule has 10 heteroatoms. The molecule has 10 nitrogen and oxygen atoms in total. The summed E-state index contributed by atoms with van der Waals surface area (Å²) in [5, 5.41) is 27.8. The van der Waals surface area contributed by atoms with Crippen LogP contribution in [-0.2, 0) is 0 Å². The van der Waals surface area contributed by atoms with E-state index in [0.29, 0.717) is 34.2 Å². The summed E-state index contributed by atoms with van der Waals surface area (Å²) in [6.45, 7) is 5.14. The van der Waals surface area contributed by atoms with Gasteiger partial charge >= 0.3 is 0 Å². The summed E-state index contributed by atoms with van der Waals surface area (Å²) in [6.07, 6.45) is 1.67. The Hall–Kier alpha value is -4.91. The number of H-pyrrole nitrogens is 1. The zero-order valence-electron chi connectivity index (χ0n) is 18.7. The first-order chi connectivity index (χ1) is 16.4. The quantitative estimate of drug-likeness (QED) is 0.384. The molecule has 0 fully saturated rings. The Kier molecular flexibility index (Phi) is 5.07. The molecule has 0 saturated heterocycles. The van der Waals surface area contributed by atoms with Crippen LogP contribution in [0.25, 0.3) is 28.1 Å². The van der Waals surface area contributed by atoms with Gasteiger partial charge in [0, 0.05) is 16.9 Å². The Morgan fingerprint density at radius 3 is 2.71 bits per heavy atom. The number of imidazole rings is 1. The van der Waals surface area contributed by atoms with Crippen molar-refractivity contribution in [2.75, 3.05) is 5.32 Å². The lowest BCUT2D eigenvalue weighted by atomic mass is 10.0. The van der Waals surface area contributed by atoms with Crippen LogP contribution in [0.3, 0.4) is 0 Å². The van der Waals surface area contributed by atoms with Crippen molar-refractivity contribution in [2.24, 2.45) is 0 Å². The number of Topliss-reactive ketones (excluding diaryl/α,β-unsaturated/α-hetero) is 1. The lowest BCUT2D eigenvalue weighted by Gasteiger charge is -2.11. The number of rotatable bonds is 5. The van der Waals surface area contributed by atoms with Crippen molar-refractivity contribution in [2.45, 2.75) is 20.8 Å². The molecule has 166 valence electrons. The minimum absolute atomic E-state index is 0.153. The van der Waals surface area contributed by atoms with E-state index in [9.17, 15) is 10.1 Å². The fourth-order valence-corrected chi connectivity index (χ4v) is 3.74. The lowest BCUT2D eigenvalue weighted by molar-refractivity contribution is 0.101. The van der Waals surface area contributed by atoms with E-state index < -0.39 is 0 Å². The summed E-state index contributed by atoms with van der Waals surface area (Å²) in [4.78, 5) is 21.6. The summed E-state index contributed by atoms with van der Waals surface area (Å²) < 4.78 is 1.83. The zero-order valence-corrected chi connectivity index (χ0v) is 18.7. The Bertz CT molecular complexity index is 1590. The molecule has 5 rings (SSSR count). The van der Waals surface area contributed by atoms with Crippen molar-refractivity contribution >= 4 is 28.3 Å². The SMILES string of the molecule is CC(=O)c1ccc(-n2cnc3ccc(Nc4ccc(C)nn4)cc32)nc1-c1c(C#N)n[nH]c1C. The van der Waals surface area contributed by atoms with Gasteiger partial charge in [-0.15, -0.1) is 5.10 Å². The molecule has 0 spiro atoms. The highest BCUT2D eigenvalue weighted by Gasteiger charge is 2.21. The number of nitrogens with zero attached hydrogens (tertiary/aromatic N) is 7. The number of anilines is 2. The number of nitrogens with one attached hydrogen (secondary N) is 2. The average molecular weight is 449 g/mol. The number of hydrogen-bond donors (Lipinski definition) is 2. The van der Waals surface area contributed by atoms with E-state index in [-0.39, 0.29) is 11.5 Å². The Balaban J connectivity index is 1.62. The molecule has 0 aliphatic rings. The van der Waals surface area contributed by atoms with Gasteiger partial charge in [-0.25, -0.2) is 9.97 Å². The molecule has 1 aromatic carbocycles. The second-order valence-corrected chi connectivity index (χ2v) is 7.81. The molecule has 2 N–H and O–H groups in total. The third-order valence-corrected chi connectivity index (χ3v) is 5.41. The van der Waals surface area contributed by atoms with Crippen molar-refractivity contribution in [3.63, 3.8) is 0 Å². The van der Waals surface area contributed by atoms with Crippen LogP contribution in [0.15, 0.2) is 48.8 Å². The van der Waals surface area contributed by atoms with Gasteiger partial charge in [-0.2, -0.15) is 15.5 Å². The fourth-order valence-electron chi connectivity index (χ4n) is 3.74. The van der Waals surface area contributed by atoms with E-state index in [2.05, 4.69) is 36.8 Å². The van der Waals surface area contributed by atoms with Gasteiger partial charge in [-0.3, -0.25) is 14.5 Å². The van der Waals surface area contributed by atoms with Gasteiger partial charge in [-0.1, -0.05) is 0 Å². The third-order valence-electron chi connectivity index (χ3n) is 5.41. The molecule has 4 aromatic heterocycles. The van der Waals surface area contributed by atoms with Crippen LogP contribution in [0.1, 0.15) is 34.4 Å². The van der Waals surface area contributed by atoms with Crippen molar-refractivity contribution in [3.8, 4) is 23.1 Å². The smallest absolute Gasteiger partial charge is 0.171 e. The summed E-state index contributed by atoms with van der Waals surface area (Å²) in [5.74, 6) is 1.03. The molecule has 0 amide bonds. The zero-order chi connectivity index (χ0) is 23.8. The van der Waals surface area contributed by atoms with Crippen molar-refractivity contribution in [1.29, 1.82) is 5.26 Å². The van der Waals surface area contributed by atoms with Gasteiger partial charge in [0.25, 0.3) is 0 Å². The van der Waals surface area contributed by atoms with E-state index in [0.717, 1.165) is 22.4 Å². The summed E-state index contributed by atoms with van der Waals surface area (Å²) in [5.41, 5.74) is 5.40. The molecule has 0 bridgehead atoms. The van der Waals surface area contributed by atoms with Gasteiger partial charge < -0.3 is 5.32 Å². The maximum atomic E-state index is 12.3. The highest BCUT2D eigenvalue weighted by Crippen LogP contribution is 2.30. The maximum Gasteiger partial charge on any atom is 0.171 e. The number of nitriles is 1. The van der Waals surface area contributed by atoms with Crippen LogP contribution in [0.4, 0.5) is 11.5 Å². The van der Waals surface area contributed by atoms with Crippen molar-refractivity contribution < 1.29 is 4.79 Å². The minimum Gasteiger partial charge on any atom is -0.339 e. The van der Waals surface area contributed by atoms with Gasteiger partial charge in [0.15, 0.2) is 17.3 Å². The molecule has 0 aliphatic heterocycles. The molecular weight excluding hydrogens is 430 g/mol. The fraction of sp³-hybridized carbons (Fsp3) is 0.125. The first-order valence-corrected chi connectivity index (χ1v) is 10.5. The van der Waals surface area contributed by atoms with Crippen LogP contribution in [0.2, 0.25) is 0 Å². The average Bonchev–Trinajstić information content (AvgIpc) is 3.43. The maximum absolute atomic E-state index is 12.3. The number of aryl methyl sites for hydroxylation is 2. The van der Waals surface area contributed by atoms with Gasteiger partial charge in [0.05, 0.1) is 28.0 Å².